The van der Waals surface area contributed by atoms with E-state index in [-0.39, 0.29) is 17.2 Å². The predicted molar refractivity (Wildman–Crippen MR) is 115 cm³/mol. The summed E-state index contributed by atoms with van der Waals surface area (Å²) in [5.41, 5.74) is 2.58. The van der Waals surface area contributed by atoms with Crippen molar-refractivity contribution in [3.05, 3.63) is 58.4 Å². The van der Waals surface area contributed by atoms with Crippen LogP contribution in [0.5, 0.6) is 0 Å². The summed E-state index contributed by atoms with van der Waals surface area (Å²) in [5, 5.41) is 4.55. The molecule has 0 spiro atoms. The Bertz CT molecular complexity index is 1250. The van der Waals surface area contributed by atoms with E-state index in [1.807, 2.05) is 44.2 Å². The van der Waals surface area contributed by atoms with Crippen molar-refractivity contribution in [3.8, 4) is 0 Å². The first-order chi connectivity index (χ1) is 13.5. The number of aryl methyl sites for hydroxylation is 1. The van der Waals surface area contributed by atoms with Gasteiger partial charge in [0, 0.05) is 6.54 Å². The molecule has 0 unspecified atom stereocenters. The Kier molecular flexibility index (Phi) is 5.15. The van der Waals surface area contributed by atoms with Crippen LogP contribution in [0, 0.1) is 6.92 Å². The van der Waals surface area contributed by atoms with Gasteiger partial charge in [0.1, 0.15) is 0 Å². The van der Waals surface area contributed by atoms with Gasteiger partial charge in [-0.3, -0.25) is 14.2 Å². The largest absolute Gasteiger partial charge is 0.301 e. The number of nitrogens with one attached hydrogen (secondary N) is 1. The number of thiazole rings is 1. The molecule has 2 aromatic heterocycles. The molecular weight excluding hydrogens is 392 g/mol. The van der Waals surface area contributed by atoms with Crippen LogP contribution in [0.25, 0.3) is 21.1 Å². The van der Waals surface area contributed by atoms with Crippen LogP contribution in [0.15, 0.2) is 52.4 Å². The van der Waals surface area contributed by atoms with E-state index in [4.69, 9.17) is 0 Å². The monoisotopic (exact) mass is 410 g/mol. The van der Waals surface area contributed by atoms with Crippen molar-refractivity contribution < 1.29 is 4.79 Å². The van der Waals surface area contributed by atoms with Gasteiger partial charge in [0.15, 0.2) is 10.3 Å². The number of anilines is 1. The van der Waals surface area contributed by atoms with Gasteiger partial charge in [0.2, 0.25) is 5.91 Å². The molecule has 4 aromatic rings. The number of amides is 1. The molecular formula is C20H18N4O2S2. The van der Waals surface area contributed by atoms with Gasteiger partial charge in [0.05, 0.1) is 26.9 Å². The lowest BCUT2D eigenvalue weighted by molar-refractivity contribution is -0.113. The minimum Gasteiger partial charge on any atom is -0.301 e. The van der Waals surface area contributed by atoms with Crippen LogP contribution in [0.1, 0.15) is 12.5 Å². The minimum atomic E-state index is -0.175. The second kappa shape index (κ2) is 7.73. The lowest BCUT2D eigenvalue weighted by Gasteiger charge is -2.10. The second-order valence-electron chi connectivity index (χ2n) is 6.29. The lowest BCUT2D eigenvalue weighted by Crippen LogP contribution is -2.23. The molecule has 0 fully saturated rings. The molecule has 0 saturated carbocycles. The summed E-state index contributed by atoms with van der Waals surface area (Å²) in [6, 6.07) is 13.3. The number of aromatic nitrogens is 3. The Balaban J connectivity index is 1.52. The molecule has 0 aliphatic heterocycles. The number of rotatable bonds is 5. The van der Waals surface area contributed by atoms with E-state index in [1.54, 1.807) is 10.6 Å². The van der Waals surface area contributed by atoms with E-state index < -0.39 is 0 Å². The number of para-hydroxylation sites is 1. The van der Waals surface area contributed by atoms with Gasteiger partial charge in [-0.15, -0.1) is 0 Å². The third-order valence-electron chi connectivity index (χ3n) is 4.27. The number of carbonyl (C=O) groups is 1. The molecule has 28 heavy (non-hydrogen) atoms. The number of hydrogen-bond acceptors (Lipinski definition) is 6. The van der Waals surface area contributed by atoms with E-state index in [0.29, 0.717) is 27.7 Å². The molecule has 0 radical (unpaired) electrons. The molecule has 0 saturated heterocycles. The molecule has 2 heterocycles. The molecule has 0 aliphatic carbocycles. The quantitative estimate of drug-likeness (QED) is 0.396. The lowest BCUT2D eigenvalue weighted by atomic mass is 10.2. The van der Waals surface area contributed by atoms with Gasteiger partial charge in [-0.25, -0.2) is 9.97 Å². The number of benzene rings is 2. The summed E-state index contributed by atoms with van der Waals surface area (Å²) in [6.07, 6.45) is 0. The summed E-state index contributed by atoms with van der Waals surface area (Å²) in [7, 11) is 0. The van der Waals surface area contributed by atoms with Gasteiger partial charge in [-0.1, -0.05) is 41.3 Å². The van der Waals surface area contributed by atoms with Crippen LogP contribution in [0.3, 0.4) is 0 Å². The molecule has 4 rings (SSSR count). The van der Waals surface area contributed by atoms with Crippen LogP contribution in [0.2, 0.25) is 0 Å². The van der Waals surface area contributed by atoms with Gasteiger partial charge < -0.3 is 5.32 Å². The van der Waals surface area contributed by atoms with Crippen molar-refractivity contribution in [2.45, 2.75) is 25.5 Å². The first-order valence-electron chi connectivity index (χ1n) is 8.84. The van der Waals surface area contributed by atoms with Crippen LogP contribution < -0.4 is 10.9 Å². The van der Waals surface area contributed by atoms with Crippen LogP contribution in [0.4, 0.5) is 5.13 Å². The zero-order valence-electron chi connectivity index (χ0n) is 15.4. The highest BCUT2D eigenvalue weighted by atomic mass is 32.2. The van der Waals surface area contributed by atoms with Crippen molar-refractivity contribution >= 4 is 55.3 Å². The maximum atomic E-state index is 12.6. The molecule has 6 nitrogen and oxygen atoms in total. The molecule has 1 N–H and O–H groups in total. The molecule has 8 heteroatoms. The normalized spacial score (nSPS) is 11.2. The van der Waals surface area contributed by atoms with E-state index in [9.17, 15) is 9.59 Å². The first-order valence-corrected chi connectivity index (χ1v) is 10.6. The Labute approximate surface area is 169 Å². The van der Waals surface area contributed by atoms with Crippen molar-refractivity contribution in [2.75, 3.05) is 11.1 Å². The fourth-order valence-corrected chi connectivity index (χ4v) is 4.75. The fraction of sp³-hybridized carbons (Fsp3) is 0.200. The smallest absolute Gasteiger partial charge is 0.262 e. The Morgan fingerprint density at radius 3 is 2.82 bits per heavy atom. The first kappa shape index (κ1) is 18.6. The Morgan fingerprint density at radius 1 is 1.18 bits per heavy atom. The van der Waals surface area contributed by atoms with Crippen molar-refractivity contribution in [1.29, 1.82) is 0 Å². The SMILES string of the molecule is CCn1c(SCC(=O)Nc2nc3ccc(C)cc3s2)nc2ccccc2c1=O. The third kappa shape index (κ3) is 3.65. The Morgan fingerprint density at radius 2 is 2.00 bits per heavy atom. The number of fused-ring (bicyclic) bond motifs is 2. The van der Waals surface area contributed by atoms with Gasteiger partial charge in [-0.2, -0.15) is 0 Å². The average molecular weight is 411 g/mol. The van der Waals surface area contributed by atoms with E-state index in [1.165, 1.54) is 23.1 Å². The Hall–Kier alpha value is -2.71. The van der Waals surface area contributed by atoms with Gasteiger partial charge in [0.25, 0.3) is 5.56 Å². The highest BCUT2D eigenvalue weighted by molar-refractivity contribution is 7.99. The van der Waals surface area contributed by atoms with Crippen molar-refractivity contribution in [3.63, 3.8) is 0 Å². The van der Waals surface area contributed by atoms with E-state index >= 15 is 0 Å². The van der Waals surface area contributed by atoms with E-state index in [0.717, 1.165) is 15.8 Å². The van der Waals surface area contributed by atoms with E-state index in [2.05, 4.69) is 21.4 Å². The average Bonchev–Trinajstić information content (AvgIpc) is 3.07. The van der Waals surface area contributed by atoms with Crippen LogP contribution in [-0.2, 0) is 11.3 Å². The number of nitrogens with zero attached hydrogens (tertiary/aromatic N) is 3. The second-order valence-corrected chi connectivity index (χ2v) is 8.26. The number of carbonyl (C=O) groups excluding carboxylic acids is 1. The summed E-state index contributed by atoms with van der Waals surface area (Å²) in [6.45, 7) is 4.42. The number of hydrogen-bond donors (Lipinski definition) is 1. The molecule has 2 aromatic carbocycles. The predicted octanol–water partition coefficient (Wildman–Crippen LogP) is 4.07. The molecule has 142 valence electrons. The highest BCUT2D eigenvalue weighted by Gasteiger charge is 2.13. The fourth-order valence-electron chi connectivity index (χ4n) is 2.91. The summed E-state index contributed by atoms with van der Waals surface area (Å²) in [4.78, 5) is 34.0. The maximum Gasteiger partial charge on any atom is 0.262 e. The summed E-state index contributed by atoms with van der Waals surface area (Å²) >= 11 is 2.70. The van der Waals surface area contributed by atoms with Crippen LogP contribution in [-0.4, -0.2) is 26.2 Å². The summed E-state index contributed by atoms with van der Waals surface area (Å²) in [5.74, 6) is -0.0226. The molecule has 1 amide bonds. The molecule has 0 bridgehead atoms. The number of thioether (sulfide) groups is 1. The van der Waals surface area contributed by atoms with Crippen molar-refractivity contribution in [2.24, 2.45) is 0 Å². The highest BCUT2D eigenvalue weighted by Crippen LogP contribution is 2.27. The van der Waals surface area contributed by atoms with Crippen molar-refractivity contribution in [1.82, 2.24) is 14.5 Å². The zero-order valence-corrected chi connectivity index (χ0v) is 17.1. The maximum absolute atomic E-state index is 12.6. The van der Waals surface area contributed by atoms with Crippen LogP contribution >= 0.6 is 23.1 Å². The topological polar surface area (TPSA) is 76.9 Å². The standard InChI is InChI=1S/C20H18N4O2S2/c1-3-24-18(26)13-6-4-5-7-14(13)22-20(24)27-11-17(25)23-19-21-15-9-8-12(2)10-16(15)28-19/h4-10H,3,11H2,1-2H3,(H,21,23,25). The minimum absolute atomic E-state index is 0.0856. The zero-order chi connectivity index (χ0) is 19.7. The van der Waals surface area contributed by atoms with Gasteiger partial charge >= 0.3 is 0 Å². The van der Waals surface area contributed by atoms with Gasteiger partial charge in [-0.05, 0) is 43.7 Å². The molecule has 0 atom stereocenters. The third-order valence-corrected chi connectivity index (χ3v) is 6.18. The summed E-state index contributed by atoms with van der Waals surface area (Å²) < 4.78 is 2.64. The molecule has 0 aliphatic rings.